The molecule has 0 saturated heterocycles. The Balaban J connectivity index is 2.24. The fourth-order valence-electron chi connectivity index (χ4n) is 1.96. The summed E-state index contributed by atoms with van der Waals surface area (Å²) in [5.41, 5.74) is 6.49. The summed E-state index contributed by atoms with van der Waals surface area (Å²) in [5.74, 6) is 0. The first-order valence-corrected chi connectivity index (χ1v) is 6.16. The van der Waals surface area contributed by atoms with Crippen molar-refractivity contribution in [1.82, 2.24) is 0 Å². The number of hydrogen-bond acceptors (Lipinski definition) is 2. The monoisotopic (exact) mass is 280 g/mol. The minimum Gasteiger partial charge on any atom is -0.399 e. The van der Waals surface area contributed by atoms with Gasteiger partial charge in [-0.3, -0.25) is 0 Å². The highest BCUT2D eigenvalue weighted by Gasteiger charge is 2.33. The van der Waals surface area contributed by atoms with Gasteiger partial charge in [0.15, 0.2) is 0 Å². The van der Waals surface area contributed by atoms with Crippen molar-refractivity contribution in [2.75, 3.05) is 11.1 Å². The second kappa shape index (κ2) is 5.45. The van der Waals surface area contributed by atoms with Crippen LogP contribution in [-0.2, 0) is 6.18 Å². The highest BCUT2D eigenvalue weighted by molar-refractivity contribution is 5.54. The molecular weight excluding hydrogens is 265 g/mol. The van der Waals surface area contributed by atoms with E-state index in [2.05, 4.69) is 5.32 Å². The van der Waals surface area contributed by atoms with Gasteiger partial charge in [-0.15, -0.1) is 0 Å². The molecule has 3 N–H and O–H groups in total. The molecule has 5 heteroatoms. The maximum Gasteiger partial charge on any atom is 0.418 e. The highest BCUT2D eigenvalue weighted by Crippen LogP contribution is 2.35. The topological polar surface area (TPSA) is 38.0 Å². The maximum atomic E-state index is 12.9. The Bertz CT molecular complexity index is 576. The molecule has 0 radical (unpaired) electrons. The minimum atomic E-state index is -4.37. The van der Waals surface area contributed by atoms with Crippen LogP contribution in [0.4, 0.5) is 24.5 Å². The van der Waals surface area contributed by atoms with Crippen molar-refractivity contribution in [3.8, 4) is 0 Å². The smallest absolute Gasteiger partial charge is 0.399 e. The van der Waals surface area contributed by atoms with Crippen molar-refractivity contribution in [2.24, 2.45) is 0 Å². The largest absolute Gasteiger partial charge is 0.418 e. The molecule has 0 aliphatic carbocycles. The Morgan fingerprint density at radius 3 is 2.20 bits per heavy atom. The molecule has 2 nitrogen and oxygen atoms in total. The molecule has 106 valence electrons. The van der Waals surface area contributed by atoms with Gasteiger partial charge in [0.25, 0.3) is 0 Å². The zero-order valence-corrected chi connectivity index (χ0v) is 10.9. The third kappa shape index (κ3) is 3.23. The summed E-state index contributed by atoms with van der Waals surface area (Å²) in [6.07, 6.45) is -4.37. The van der Waals surface area contributed by atoms with E-state index in [0.29, 0.717) is 5.69 Å². The summed E-state index contributed by atoms with van der Waals surface area (Å²) in [6.45, 7) is 1.80. The van der Waals surface area contributed by atoms with Crippen LogP contribution in [0, 0.1) is 0 Å². The number of anilines is 2. The molecule has 0 spiro atoms. The Morgan fingerprint density at radius 1 is 1.00 bits per heavy atom. The van der Waals surface area contributed by atoms with E-state index in [9.17, 15) is 13.2 Å². The average molecular weight is 280 g/mol. The molecular formula is C15H15F3N2. The van der Waals surface area contributed by atoms with Crippen molar-refractivity contribution in [1.29, 1.82) is 0 Å². The lowest BCUT2D eigenvalue weighted by atomic mass is 10.1. The van der Waals surface area contributed by atoms with Crippen LogP contribution in [0.3, 0.4) is 0 Å². The Kier molecular flexibility index (Phi) is 3.88. The van der Waals surface area contributed by atoms with Crippen LogP contribution >= 0.6 is 0 Å². The van der Waals surface area contributed by atoms with Crippen LogP contribution in [0.2, 0.25) is 0 Å². The predicted octanol–water partition coefficient (Wildman–Crippen LogP) is 4.46. The zero-order chi connectivity index (χ0) is 14.8. The summed E-state index contributed by atoms with van der Waals surface area (Å²) < 4.78 is 38.7. The molecule has 20 heavy (non-hydrogen) atoms. The van der Waals surface area contributed by atoms with Crippen LogP contribution < -0.4 is 11.1 Å². The lowest BCUT2D eigenvalue weighted by Gasteiger charge is -2.19. The van der Waals surface area contributed by atoms with Gasteiger partial charge >= 0.3 is 6.18 Å². The molecule has 0 aliphatic heterocycles. The lowest BCUT2D eigenvalue weighted by molar-refractivity contribution is -0.137. The summed E-state index contributed by atoms with van der Waals surface area (Å²) in [4.78, 5) is 0. The summed E-state index contributed by atoms with van der Waals surface area (Å²) in [6, 6.07) is 12.2. The number of alkyl halides is 3. The van der Waals surface area contributed by atoms with E-state index in [1.807, 2.05) is 0 Å². The molecule has 1 unspecified atom stereocenters. The fourth-order valence-corrected chi connectivity index (χ4v) is 1.96. The Hall–Kier alpha value is -2.17. The zero-order valence-electron chi connectivity index (χ0n) is 10.9. The fraction of sp³-hybridized carbons (Fsp3) is 0.200. The number of nitrogens with one attached hydrogen (secondary N) is 1. The predicted molar refractivity (Wildman–Crippen MR) is 74.3 cm³/mol. The molecule has 0 aromatic heterocycles. The van der Waals surface area contributed by atoms with E-state index in [1.54, 1.807) is 37.3 Å². The van der Waals surface area contributed by atoms with E-state index in [-0.39, 0.29) is 11.7 Å². The van der Waals surface area contributed by atoms with E-state index in [4.69, 9.17) is 5.73 Å². The van der Waals surface area contributed by atoms with Gasteiger partial charge in [-0.05, 0) is 36.8 Å². The second-order valence-corrected chi connectivity index (χ2v) is 4.58. The molecule has 2 aromatic rings. The standard InChI is InChI=1S/C15H15F3N2/c1-10(11-6-8-12(19)9-7-11)20-14-5-3-2-4-13(14)15(16,17)18/h2-10,20H,19H2,1H3. The highest BCUT2D eigenvalue weighted by atomic mass is 19.4. The van der Waals surface area contributed by atoms with Gasteiger partial charge in [-0.25, -0.2) is 0 Å². The molecule has 0 aliphatic rings. The minimum absolute atomic E-state index is 0.0734. The molecule has 1 atom stereocenters. The first-order chi connectivity index (χ1) is 9.38. The normalized spacial score (nSPS) is 13.0. The number of nitrogens with two attached hydrogens (primary N) is 1. The van der Waals surface area contributed by atoms with Crippen LogP contribution in [-0.4, -0.2) is 0 Å². The van der Waals surface area contributed by atoms with Crippen LogP contribution in [0.15, 0.2) is 48.5 Å². The van der Waals surface area contributed by atoms with Gasteiger partial charge in [-0.2, -0.15) is 13.2 Å². The van der Waals surface area contributed by atoms with Crippen molar-refractivity contribution in [3.63, 3.8) is 0 Å². The number of para-hydroxylation sites is 1. The lowest BCUT2D eigenvalue weighted by Crippen LogP contribution is -2.13. The van der Waals surface area contributed by atoms with Gasteiger partial charge in [0, 0.05) is 17.4 Å². The third-order valence-electron chi connectivity index (χ3n) is 3.04. The molecule has 2 rings (SSSR count). The SMILES string of the molecule is CC(Nc1ccccc1C(F)(F)F)c1ccc(N)cc1. The first-order valence-electron chi connectivity index (χ1n) is 6.16. The molecule has 0 saturated carbocycles. The van der Waals surface area contributed by atoms with E-state index in [1.165, 1.54) is 12.1 Å². The number of nitrogen functional groups attached to an aromatic ring is 1. The number of rotatable bonds is 3. The van der Waals surface area contributed by atoms with Crippen molar-refractivity contribution < 1.29 is 13.2 Å². The van der Waals surface area contributed by atoms with Crippen molar-refractivity contribution >= 4 is 11.4 Å². The van der Waals surface area contributed by atoms with E-state index < -0.39 is 11.7 Å². The van der Waals surface area contributed by atoms with Gasteiger partial charge in [0.1, 0.15) is 0 Å². The molecule has 0 heterocycles. The van der Waals surface area contributed by atoms with Crippen LogP contribution in [0.5, 0.6) is 0 Å². The number of hydrogen-bond donors (Lipinski definition) is 2. The maximum absolute atomic E-state index is 12.9. The summed E-state index contributed by atoms with van der Waals surface area (Å²) in [5, 5.41) is 2.89. The average Bonchev–Trinajstić information content (AvgIpc) is 2.38. The van der Waals surface area contributed by atoms with Crippen LogP contribution in [0.1, 0.15) is 24.1 Å². The molecule has 0 fully saturated rings. The van der Waals surface area contributed by atoms with Gasteiger partial charge in [-0.1, -0.05) is 24.3 Å². The third-order valence-corrected chi connectivity index (χ3v) is 3.04. The summed E-state index contributed by atoms with van der Waals surface area (Å²) in [7, 11) is 0. The van der Waals surface area contributed by atoms with Gasteiger partial charge in [0.2, 0.25) is 0 Å². The summed E-state index contributed by atoms with van der Waals surface area (Å²) >= 11 is 0. The van der Waals surface area contributed by atoms with Gasteiger partial charge < -0.3 is 11.1 Å². The van der Waals surface area contributed by atoms with E-state index >= 15 is 0 Å². The number of benzene rings is 2. The van der Waals surface area contributed by atoms with Crippen molar-refractivity contribution in [2.45, 2.75) is 19.1 Å². The van der Waals surface area contributed by atoms with Crippen LogP contribution in [0.25, 0.3) is 0 Å². The first kappa shape index (κ1) is 14.2. The quantitative estimate of drug-likeness (QED) is 0.814. The Morgan fingerprint density at radius 2 is 1.60 bits per heavy atom. The second-order valence-electron chi connectivity index (χ2n) is 4.58. The molecule has 2 aromatic carbocycles. The molecule has 0 bridgehead atoms. The van der Waals surface area contributed by atoms with Crippen molar-refractivity contribution in [3.05, 3.63) is 59.7 Å². The van der Waals surface area contributed by atoms with Gasteiger partial charge in [0.05, 0.1) is 5.56 Å². The van der Waals surface area contributed by atoms with E-state index in [0.717, 1.165) is 11.6 Å². The molecule has 0 amide bonds. The number of halogens is 3. The Labute approximate surface area is 115 Å².